The van der Waals surface area contributed by atoms with Crippen molar-refractivity contribution in [1.82, 2.24) is 19.7 Å². The molecule has 0 atom stereocenters. The van der Waals surface area contributed by atoms with Crippen molar-refractivity contribution in [2.45, 2.75) is 0 Å². The number of halogens is 2. The second-order valence-electron chi connectivity index (χ2n) is 7.38. The second kappa shape index (κ2) is 10.3. The van der Waals surface area contributed by atoms with Crippen LogP contribution in [0.4, 0.5) is 33.2 Å². The van der Waals surface area contributed by atoms with Crippen LogP contribution in [0, 0.1) is 5.82 Å². The van der Waals surface area contributed by atoms with E-state index in [-0.39, 0.29) is 11.7 Å². The lowest BCUT2D eigenvalue weighted by atomic mass is 10.1. The van der Waals surface area contributed by atoms with Gasteiger partial charge in [0.2, 0.25) is 11.9 Å². The number of benzene rings is 2. The highest BCUT2D eigenvalue weighted by Crippen LogP contribution is 2.33. The summed E-state index contributed by atoms with van der Waals surface area (Å²) in [7, 11) is 3.21. The molecular formula is C24H21BrFN7O2. The number of aromatic nitrogens is 4. The summed E-state index contributed by atoms with van der Waals surface area (Å²) in [6, 6.07) is 9.92. The van der Waals surface area contributed by atoms with E-state index in [9.17, 15) is 9.18 Å². The maximum absolute atomic E-state index is 14.5. The van der Waals surface area contributed by atoms with Crippen LogP contribution in [0.15, 0.2) is 72.1 Å². The Morgan fingerprint density at radius 1 is 1.14 bits per heavy atom. The minimum Gasteiger partial charge on any atom is -0.494 e. The molecule has 0 spiro atoms. The quantitative estimate of drug-likeness (QED) is 0.258. The zero-order valence-corrected chi connectivity index (χ0v) is 20.4. The Hall–Kier alpha value is -4.25. The summed E-state index contributed by atoms with van der Waals surface area (Å²) in [6.45, 7) is 3.47. The Kier molecular flexibility index (Phi) is 7.06. The standard InChI is InChI=1S/C24H21BrFN7O2/c1-4-22(34)29-16-8-15(25)9-17(10-16)30-23-19(14-5-6-21(35-3)20(26)7-14)12-27-24(32-23)31-18-11-28-33(2)13-18/h4-13H,1H2,2-3H3,(H,29,34)(H2,27,30,31,32). The van der Waals surface area contributed by atoms with E-state index in [1.807, 2.05) is 6.07 Å². The van der Waals surface area contributed by atoms with Crippen LogP contribution in [0.3, 0.4) is 0 Å². The smallest absolute Gasteiger partial charge is 0.247 e. The maximum Gasteiger partial charge on any atom is 0.247 e. The van der Waals surface area contributed by atoms with E-state index in [2.05, 4.69) is 53.5 Å². The SMILES string of the molecule is C=CC(=O)Nc1cc(Br)cc(Nc2nc(Nc3cnn(C)c3)ncc2-c2ccc(OC)c(F)c2)c1. The van der Waals surface area contributed by atoms with Crippen LogP contribution in [-0.4, -0.2) is 32.8 Å². The molecule has 3 N–H and O–H groups in total. The number of amides is 1. The first-order valence-electron chi connectivity index (χ1n) is 10.3. The molecule has 4 aromatic rings. The Balaban J connectivity index is 1.75. The summed E-state index contributed by atoms with van der Waals surface area (Å²) in [6.07, 6.45) is 6.21. The monoisotopic (exact) mass is 537 g/mol. The van der Waals surface area contributed by atoms with Crippen LogP contribution >= 0.6 is 15.9 Å². The summed E-state index contributed by atoms with van der Waals surface area (Å²) in [5.74, 6) is 0.0101. The van der Waals surface area contributed by atoms with Gasteiger partial charge in [-0.15, -0.1) is 0 Å². The Labute approximate surface area is 209 Å². The zero-order valence-electron chi connectivity index (χ0n) is 18.8. The van der Waals surface area contributed by atoms with Crippen LogP contribution in [0.2, 0.25) is 0 Å². The minimum atomic E-state index is -0.509. The van der Waals surface area contributed by atoms with Gasteiger partial charge in [-0.25, -0.2) is 9.37 Å². The summed E-state index contributed by atoms with van der Waals surface area (Å²) < 4.78 is 21.9. The van der Waals surface area contributed by atoms with Crippen molar-refractivity contribution in [2.24, 2.45) is 7.05 Å². The van der Waals surface area contributed by atoms with Gasteiger partial charge in [0.15, 0.2) is 11.6 Å². The molecule has 2 aromatic carbocycles. The van der Waals surface area contributed by atoms with Gasteiger partial charge in [0, 0.05) is 40.9 Å². The number of carbonyl (C=O) groups excluding carboxylic acids is 1. The minimum absolute atomic E-state index is 0.133. The third kappa shape index (κ3) is 5.82. The topological polar surface area (TPSA) is 106 Å². The molecule has 9 nitrogen and oxygen atoms in total. The number of nitrogens with one attached hydrogen (secondary N) is 3. The lowest BCUT2D eigenvalue weighted by molar-refractivity contribution is -0.111. The highest BCUT2D eigenvalue weighted by atomic mass is 79.9. The average molecular weight is 538 g/mol. The van der Waals surface area contributed by atoms with Crippen molar-refractivity contribution in [3.63, 3.8) is 0 Å². The van der Waals surface area contributed by atoms with E-state index < -0.39 is 5.82 Å². The number of aryl methyl sites for hydroxylation is 1. The van der Waals surface area contributed by atoms with E-state index in [0.717, 1.165) is 4.47 Å². The Morgan fingerprint density at radius 2 is 1.94 bits per heavy atom. The molecule has 0 unspecified atom stereocenters. The number of hydrogen-bond acceptors (Lipinski definition) is 7. The molecule has 0 radical (unpaired) electrons. The molecule has 2 heterocycles. The predicted molar refractivity (Wildman–Crippen MR) is 137 cm³/mol. The van der Waals surface area contributed by atoms with Gasteiger partial charge in [0.25, 0.3) is 0 Å². The molecule has 0 aliphatic carbocycles. The Bertz CT molecular complexity index is 1410. The van der Waals surface area contributed by atoms with Gasteiger partial charge in [0.05, 0.1) is 19.0 Å². The summed E-state index contributed by atoms with van der Waals surface area (Å²) >= 11 is 3.45. The average Bonchev–Trinajstić information content (AvgIpc) is 3.23. The molecule has 11 heteroatoms. The first kappa shape index (κ1) is 23.9. The van der Waals surface area contributed by atoms with Crippen molar-refractivity contribution in [3.05, 3.63) is 77.9 Å². The third-order valence-corrected chi connectivity index (χ3v) is 5.28. The summed E-state index contributed by atoms with van der Waals surface area (Å²) in [5, 5.41) is 13.2. The van der Waals surface area contributed by atoms with Crippen LogP contribution in [0.1, 0.15) is 0 Å². The number of methoxy groups -OCH3 is 1. The second-order valence-corrected chi connectivity index (χ2v) is 8.30. The van der Waals surface area contributed by atoms with Crippen molar-refractivity contribution >= 4 is 50.7 Å². The number of hydrogen-bond donors (Lipinski definition) is 3. The normalized spacial score (nSPS) is 10.5. The van der Waals surface area contributed by atoms with Crippen LogP contribution in [0.5, 0.6) is 5.75 Å². The van der Waals surface area contributed by atoms with Gasteiger partial charge < -0.3 is 20.7 Å². The molecule has 0 aliphatic heterocycles. The van der Waals surface area contributed by atoms with Crippen molar-refractivity contribution in [2.75, 3.05) is 23.1 Å². The Morgan fingerprint density at radius 3 is 2.63 bits per heavy atom. The number of carbonyl (C=O) groups is 1. The molecule has 2 aromatic heterocycles. The van der Waals surface area contributed by atoms with Crippen molar-refractivity contribution < 1.29 is 13.9 Å². The molecule has 4 rings (SSSR count). The largest absolute Gasteiger partial charge is 0.494 e. The molecule has 0 fully saturated rings. The summed E-state index contributed by atoms with van der Waals surface area (Å²) in [4.78, 5) is 20.8. The molecule has 0 bridgehead atoms. The fourth-order valence-electron chi connectivity index (χ4n) is 3.26. The van der Waals surface area contributed by atoms with Crippen LogP contribution in [-0.2, 0) is 11.8 Å². The van der Waals surface area contributed by atoms with Gasteiger partial charge in [-0.3, -0.25) is 9.48 Å². The lowest BCUT2D eigenvalue weighted by Crippen LogP contribution is -2.08. The van der Waals surface area contributed by atoms with E-state index in [4.69, 9.17) is 4.74 Å². The highest BCUT2D eigenvalue weighted by Gasteiger charge is 2.14. The van der Waals surface area contributed by atoms with Crippen LogP contribution < -0.4 is 20.7 Å². The third-order valence-electron chi connectivity index (χ3n) is 4.83. The van der Waals surface area contributed by atoms with Crippen molar-refractivity contribution in [1.29, 1.82) is 0 Å². The fourth-order valence-corrected chi connectivity index (χ4v) is 3.75. The van der Waals surface area contributed by atoms with Gasteiger partial charge >= 0.3 is 0 Å². The highest BCUT2D eigenvalue weighted by molar-refractivity contribution is 9.10. The van der Waals surface area contributed by atoms with Gasteiger partial charge in [-0.2, -0.15) is 10.1 Å². The molecule has 1 amide bonds. The van der Waals surface area contributed by atoms with E-state index in [0.29, 0.717) is 40.0 Å². The first-order valence-corrected chi connectivity index (χ1v) is 11.1. The number of rotatable bonds is 8. The number of ether oxygens (including phenoxy) is 1. The number of anilines is 5. The molecule has 0 aliphatic rings. The van der Waals surface area contributed by atoms with Gasteiger partial charge in [-0.1, -0.05) is 28.6 Å². The van der Waals surface area contributed by atoms with E-state index in [1.54, 1.807) is 48.5 Å². The van der Waals surface area contributed by atoms with E-state index in [1.165, 1.54) is 25.3 Å². The zero-order chi connectivity index (χ0) is 24.9. The lowest BCUT2D eigenvalue weighted by Gasteiger charge is -2.15. The molecule has 0 saturated carbocycles. The van der Waals surface area contributed by atoms with E-state index >= 15 is 0 Å². The maximum atomic E-state index is 14.5. The number of nitrogens with zero attached hydrogens (tertiary/aromatic N) is 4. The predicted octanol–water partition coefficient (Wildman–Crippen LogP) is 5.40. The summed E-state index contributed by atoms with van der Waals surface area (Å²) in [5.41, 5.74) is 2.99. The molecule has 0 saturated heterocycles. The first-order chi connectivity index (χ1) is 16.8. The van der Waals surface area contributed by atoms with Gasteiger partial charge in [0.1, 0.15) is 5.82 Å². The molecule has 35 heavy (non-hydrogen) atoms. The van der Waals surface area contributed by atoms with Gasteiger partial charge in [-0.05, 0) is 42.0 Å². The van der Waals surface area contributed by atoms with Crippen molar-refractivity contribution in [3.8, 4) is 16.9 Å². The van der Waals surface area contributed by atoms with Crippen LogP contribution in [0.25, 0.3) is 11.1 Å². The fraction of sp³-hybridized carbons (Fsp3) is 0.0833. The molecule has 178 valence electrons. The molecular weight excluding hydrogens is 517 g/mol.